The minimum atomic E-state index is -0.450. The second-order valence-electron chi connectivity index (χ2n) is 7.45. The zero-order chi connectivity index (χ0) is 21.1. The minimum Gasteiger partial charge on any atom is -0.497 e. The minimum absolute atomic E-state index is 0.231. The summed E-state index contributed by atoms with van der Waals surface area (Å²) in [6, 6.07) is 12.8. The standard InChI is InChI=1S/C23H25ClN2O4/c1-3-29-23(27)22(16-5-4-6-18(13-16)28-2)26-11-9-15(10-12-26)21-19-8-7-17(24)14-20(19)30-25-21/h4-8,13-15,22H,3,9-12H2,1-2H3. The van der Waals surface area contributed by atoms with Crippen molar-refractivity contribution in [3.8, 4) is 5.75 Å². The largest absolute Gasteiger partial charge is 0.497 e. The molecule has 1 aliphatic rings. The second-order valence-corrected chi connectivity index (χ2v) is 7.89. The third-order valence-corrected chi connectivity index (χ3v) is 5.90. The maximum atomic E-state index is 12.8. The van der Waals surface area contributed by atoms with E-state index in [-0.39, 0.29) is 11.9 Å². The molecule has 30 heavy (non-hydrogen) atoms. The van der Waals surface area contributed by atoms with Crippen LogP contribution in [0.15, 0.2) is 47.0 Å². The van der Waals surface area contributed by atoms with Crippen LogP contribution in [0.25, 0.3) is 11.0 Å². The van der Waals surface area contributed by atoms with Crippen molar-refractivity contribution in [3.63, 3.8) is 0 Å². The normalized spacial score (nSPS) is 16.5. The number of carbonyl (C=O) groups excluding carboxylic acids is 1. The quantitative estimate of drug-likeness (QED) is 0.516. The summed E-state index contributed by atoms with van der Waals surface area (Å²) in [5.74, 6) is 0.770. The monoisotopic (exact) mass is 428 g/mol. The van der Waals surface area contributed by atoms with E-state index in [4.69, 9.17) is 25.6 Å². The highest BCUT2D eigenvalue weighted by molar-refractivity contribution is 6.31. The van der Waals surface area contributed by atoms with E-state index in [9.17, 15) is 4.79 Å². The number of hydrogen-bond donors (Lipinski definition) is 0. The molecule has 158 valence electrons. The van der Waals surface area contributed by atoms with Crippen molar-refractivity contribution in [1.82, 2.24) is 10.1 Å². The van der Waals surface area contributed by atoms with Gasteiger partial charge in [0.25, 0.3) is 0 Å². The smallest absolute Gasteiger partial charge is 0.328 e. The number of halogens is 1. The van der Waals surface area contributed by atoms with Crippen LogP contribution in [0.2, 0.25) is 5.02 Å². The van der Waals surface area contributed by atoms with Crippen LogP contribution < -0.4 is 4.74 Å². The molecule has 1 unspecified atom stereocenters. The molecular formula is C23H25ClN2O4. The van der Waals surface area contributed by atoms with Crippen molar-refractivity contribution in [2.24, 2.45) is 0 Å². The average Bonchev–Trinajstić information content (AvgIpc) is 3.18. The molecule has 4 rings (SSSR count). The molecule has 0 bridgehead atoms. The number of likely N-dealkylation sites (tertiary alicyclic amines) is 1. The number of methoxy groups -OCH3 is 1. The zero-order valence-electron chi connectivity index (χ0n) is 17.1. The van der Waals surface area contributed by atoms with Gasteiger partial charge in [-0.2, -0.15) is 0 Å². The number of fused-ring (bicyclic) bond motifs is 1. The number of aromatic nitrogens is 1. The number of benzene rings is 2. The molecule has 0 N–H and O–H groups in total. The van der Waals surface area contributed by atoms with E-state index in [1.807, 2.05) is 43.3 Å². The molecule has 2 aromatic carbocycles. The fourth-order valence-electron chi connectivity index (χ4n) is 4.19. The van der Waals surface area contributed by atoms with E-state index in [2.05, 4.69) is 10.1 Å². The summed E-state index contributed by atoms with van der Waals surface area (Å²) in [5, 5.41) is 5.96. The Morgan fingerprint density at radius 1 is 1.27 bits per heavy atom. The van der Waals surface area contributed by atoms with E-state index in [1.54, 1.807) is 13.2 Å². The van der Waals surface area contributed by atoms with Crippen LogP contribution >= 0.6 is 11.6 Å². The Morgan fingerprint density at radius 3 is 2.80 bits per heavy atom. The molecule has 0 aliphatic carbocycles. The first-order chi connectivity index (χ1) is 14.6. The van der Waals surface area contributed by atoms with Gasteiger partial charge in [0.05, 0.1) is 19.4 Å². The topological polar surface area (TPSA) is 64.8 Å². The van der Waals surface area contributed by atoms with Gasteiger partial charge in [0.1, 0.15) is 11.8 Å². The highest BCUT2D eigenvalue weighted by Gasteiger charge is 2.34. The van der Waals surface area contributed by atoms with E-state index in [0.29, 0.717) is 17.2 Å². The molecular weight excluding hydrogens is 404 g/mol. The van der Waals surface area contributed by atoms with Crippen LogP contribution in [-0.4, -0.2) is 42.8 Å². The molecule has 3 aromatic rings. The predicted octanol–water partition coefficient (Wildman–Crippen LogP) is 4.97. The zero-order valence-corrected chi connectivity index (χ0v) is 17.9. The van der Waals surface area contributed by atoms with E-state index in [1.165, 1.54) is 0 Å². The lowest BCUT2D eigenvalue weighted by Gasteiger charge is -2.36. The van der Waals surface area contributed by atoms with Crippen LogP contribution in [0.4, 0.5) is 0 Å². The molecule has 6 nitrogen and oxygen atoms in total. The summed E-state index contributed by atoms with van der Waals surface area (Å²) < 4.78 is 16.2. The number of piperidine rings is 1. The molecule has 0 spiro atoms. The molecule has 0 amide bonds. The Morgan fingerprint density at radius 2 is 2.07 bits per heavy atom. The second kappa shape index (κ2) is 9.06. The van der Waals surface area contributed by atoms with Gasteiger partial charge in [-0.3, -0.25) is 4.90 Å². The summed E-state index contributed by atoms with van der Waals surface area (Å²) in [5.41, 5.74) is 2.56. The Labute approximate surface area is 180 Å². The third kappa shape index (κ3) is 4.16. The molecule has 0 saturated carbocycles. The summed E-state index contributed by atoms with van der Waals surface area (Å²) in [6.45, 7) is 3.69. The fraction of sp³-hybridized carbons (Fsp3) is 0.391. The number of esters is 1. The molecule has 7 heteroatoms. The number of ether oxygens (including phenoxy) is 2. The predicted molar refractivity (Wildman–Crippen MR) is 115 cm³/mol. The first-order valence-corrected chi connectivity index (χ1v) is 10.6. The molecule has 1 atom stereocenters. The number of hydrogen-bond acceptors (Lipinski definition) is 6. The molecule has 1 aromatic heterocycles. The Hall–Kier alpha value is -2.57. The van der Waals surface area contributed by atoms with Crippen LogP contribution in [-0.2, 0) is 9.53 Å². The average molecular weight is 429 g/mol. The van der Waals surface area contributed by atoms with Crippen molar-refractivity contribution in [1.29, 1.82) is 0 Å². The molecule has 1 fully saturated rings. The van der Waals surface area contributed by atoms with Crippen LogP contribution in [0.3, 0.4) is 0 Å². The molecule has 0 radical (unpaired) electrons. The van der Waals surface area contributed by atoms with Gasteiger partial charge in [0.15, 0.2) is 5.58 Å². The van der Waals surface area contributed by atoms with Crippen molar-refractivity contribution in [2.75, 3.05) is 26.8 Å². The highest BCUT2D eigenvalue weighted by Crippen LogP contribution is 2.36. The van der Waals surface area contributed by atoms with Gasteiger partial charge in [-0.05, 0) is 62.7 Å². The maximum absolute atomic E-state index is 12.8. The van der Waals surface area contributed by atoms with Crippen molar-refractivity contribution in [3.05, 3.63) is 58.7 Å². The van der Waals surface area contributed by atoms with Crippen LogP contribution in [0.5, 0.6) is 5.75 Å². The SMILES string of the molecule is CCOC(=O)C(c1cccc(OC)c1)N1CCC(c2noc3cc(Cl)ccc23)CC1. The summed E-state index contributed by atoms with van der Waals surface area (Å²) in [4.78, 5) is 15.0. The van der Waals surface area contributed by atoms with Crippen molar-refractivity contribution < 1.29 is 18.8 Å². The lowest BCUT2D eigenvalue weighted by molar-refractivity contribution is -0.150. The van der Waals surface area contributed by atoms with Gasteiger partial charge in [0, 0.05) is 22.4 Å². The summed E-state index contributed by atoms with van der Waals surface area (Å²) in [6.07, 6.45) is 1.76. The molecule has 1 aliphatic heterocycles. The van der Waals surface area contributed by atoms with E-state index < -0.39 is 6.04 Å². The molecule has 2 heterocycles. The van der Waals surface area contributed by atoms with Crippen LogP contribution in [0.1, 0.15) is 43.0 Å². The van der Waals surface area contributed by atoms with Gasteiger partial charge in [-0.1, -0.05) is 28.9 Å². The maximum Gasteiger partial charge on any atom is 0.328 e. The third-order valence-electron chi connectivity index (χ3n) is 5.66. The van der Waals surface area contributed by atoms with Gasteiger partial charge in [-0.25, -0.2) is 4.79 Å². The Kier molecular flexibility index (Phi) is 6.25. The van der Waals surface area contributed by atoms with Gasteiger partial charge < -0.3 is 14.0 Å². The fourth-order valence-corrected chi connectivity index (χ4v) is 4.35. The first kappa shape index (κ1) is 20.7. The Bertz CT molecular complexity index is 1030. The first-order valence-electron chi connectivity index (χ1n) is 10.2. The van der Waals surface area contributed by atoms with Gasteiger partial charge in [-0.15, -0.1) is 0 Å². The lowest BCUT2D eigenvalue weighted by atomic mass is 9.90. The Balaban J connectivity index is 1.54. The van der Waals surface area contributed by atoms with Gasteiger partial charge >= 0.3 is 5.97 Å². The van der Waals surface area contributed by atoms with Crippen LogP contribution in [0, 0.1) is 0 Å². The number of rotatable bonds is 6. The highest BCUT2D eigenvalue weighted by atomic mass is 35.5. The van der Waals surface area contributed by atoms with Gasteiger partial charge in [0.2, 0.25) is 0 Å². The number of nitrogens with zero attached hydrogens (tertiary/aromatic N) is 2. The van der Waals surface area contributed by atoms with Crippen molar-refractivity contribution >= 4 is 28.5 Å². The summed E-state index contributed by atoms with van der Waals surface area (Å²) >= 11 is 6.06. The molecule has 1 saturated heterocycles. The van der Waals surface area contributed by atoms with Crippen molar-refractivity contribution in [2.45, 2.75) is 31.7 Å². The van der Waals surface area contributed by atoms with E-state index >= 15 is 0 Å². The lowest BCUT2D eigenvalue weighted by Crippen LogP contribution is -2.40. The number of carbonyl (C=O) groups is 1. The van der Waals surface area contributed by atoms with E-state index in [0.717, 1.165) is 48.3 Å². The summed E-state index contributed by atoms with van der Waals surface area (Å²) in [7, 11) is 1.62.